The first kappa shape index (κ1) is 11.0. The van der Waals surface area contributed by atoms with Crippen molar-refractivity contribution in [1.82, 2.24) is 20.0 Å². The smallest absolute Gasteiger partial charge is 0.323 e. The summed E-state index contributed by atoms with van der Waals surface area (Å²) in [5.41, 5.74) is 0. The summed E-state index contributed by atoms with van der Waals surface area (Å²) < 4.78 is 0. The highest BCUT2D eigenvalue weighted by atomic mass is 16.2. The van der Waals surface area contributed by atoms with Gasteiger partial charge in [-0.15, -0.1) is 0 Å². The van der Waals surface area contributed by atoms with Crippen molar-refractivity contribution in [3.05, 3.63) is 24.3 Å². The van der Waals surface area contributed by atoms with E-state index in [1.54, 1.807) is 11.1 Å². The van der Waals surface area contributed by atoms with E-state index in [-0.39, 0.29) is 6.03 Å². The Morgan fingerprint density at radius 3 is 3.11 bits per heavy atom. The number of hydrogen-bond donors (Lipinski definition) is 1. The molecule has 19 heavy (non-hydrogen) atoms. The zero-order chi connectivity index (χ0) is 12.8. The second kappa shape index (κ2) is 4.09. The van der Waals surface area contributed by atoms with E-state index in [1.807, 2.05) is 23.4 Å². The van der Waals surface area contributed by atoms with Crippen LogP contribution in [0.15, 0.2) is 29.3 Å². The Morgan fingerprint density at radius 1 is 1.42 bits per heavy atom. The number of aliphatic imine (C=N–C) groups is 1. The number of allylic oxidation sites excluding steroid dienone is 1. The van der Waals surface area contributed by atoms with Gasteiger partial charge in [-0.25, -0.2) is 9.79 Å². The van der Waals surface area contributed by atoms with Crippen LogP contribution in [0.4, 0.5) is 4.79 Å². The number of amides is 2. The fourth-order valence-electron chi connectivity index (χ4n) is 3.30. The summed E-state index contributed by atoms with van der Waals surface area (Å²) in [6.45, 7) is 3.89. The van der Waals surface area contributed by atoms with Gasteiger partial charge in [-0.2, -0.15) is 0 Å². The van der Waals surface area contributed by atoms with Crippen molar-refractivity contribution in [2.45, 2.75) is 12.5 Å². The minimum atomic E-state index is -0.00995. The average Bonchev–Trinajstić information content (AvgIpc) is 3.12. The van der Waals surface area contributed by atoms with E-state index >= 15 is 0 Å². The van der Waals surface area contributed by atoms with Gasteiger partial charge in [0.1, 0.15) is 6.67 Å². The van der Waals surface area contributed by atoms with Crippen molar-refractivity contribution in [1.29, 1.82) is 0 Å². The van der Waals surface area contributed by atoms with Gasteiger partial charge in [-0.1, -0.05) is 0 Å². The van der Waals surface area contributed by atoms with Crippen LogP contribution in [0.2, 0.25) is 0 Å². The van der Waals surface area contributed by atoms with Crippen LogP contribution in [0, 0.1) is 5.92 Å². The number of nitrogens with zero attached hydrogens (tertiary/aromatic N) is 4. The molecule has 4 heterocycles. The molecule has 0 aromatic carbocycles. The van der Waals surface area contributed by atoms with Crippen molar-refractivity contribution in [2.24, 2.45) is 10.9 Å². The van der Waals surface area contributed by atoms with Crippen molar-refractivity contribution in [2.75, 3.05) is 26.3 Å². The second-order valence-electron chi connectivity index (χ2n) is 5.55. The molecule has 2 bridgehead atoms. The maximum absolute atomic E-state index is 12.3. The summed E-state index contributed by atoms with van der Waals surface area (Å²) in [5.74, 6) is 1.47. The highest BCUT2D eigenvalue weighted by Gasteiger charge is 2.39. The van der Waals surface area contributed by atoms with Crippen LogP contribution in [-0.4, -0.2) is 59.3 Å². The van der Waals surface area contributed by atoms with E-state index in [0.717, 1.165) is 18.9 Å². The van der Waals surface area contributed by atoms with E-state index in [2.05, 4.69) is 15.2 Å². The Kier molecular flexibility index (Phi) is 2.38. The standard InChI is InChI=1S/C13H17N5O/c19-13(15-11-7-16-5-2-10(11)6-16)18-8-12-14-3-1-4-17(12)9-18/h1,3-4,8,10-11H,2,5-7,9H2,(H,15,19)/t10-,11?/m0/s1. The van der Waals surface area contributed by atoms with Crippen LogP contribution in [-0.2, 0) is 0 Å². The lowest BCUT2D eigenvalue weighted by atomic mass is 10.0. The lowest BCUT2D eigenvalue weighted by Crippen LogP contribution is -2.48. The van der Waals surface area contributed by atoms with Gasteiger partial charge in [0, 0.05) is 31.5 Å². The minimum absolute atomic E-state index is 0.00995. The predicted molar refractivity (Wildman–Crippen MR) is 71.1 cm³/mol. The SMILES string of the molecule is O=C(NC1CN2CC[C@H]1C2)N1C=C2N=CC=CN2C1. The molecule has 2 saturated heterocycles. The van der Waals surface area contributed by atoms with E-state index < -0.39 is 0 Å². The molecule has 0 aromatic heterocycles. The molecular formula is C13H17N5O. The molecule has 100 valence electrons. The lowest BCUT2D eigenvalue weighted by Gasteiger charge is -2.26. The lowest BCUT2D eigenvalue weighted by molar-refractivity contribution is 0.199. The maximum Gasteiger partial charge on any atom is 0.323 e. The summed E-state index contributed by atoms with van der Waals surface area (Å²) in [5, 5.41) is 3.16. The number of nitrogens with one attached hydrogen (secondary N) is 1. The minimum Gasteiger partial charge on any atom is -0.333 e. The Balaban J connectivity index is 1.41. The third kappa shape index (κ3) is 1.83. The van der Waals surface area contributed by atoms with Crippen molar-refractivity contribution < 1.29 is 4.79 Å². The van der Waals surface area contributed by atoms with Gasteiger partial charge >= 0.3 is 6.03 Å². The molecule has 4 rings (SSSR count). The van der Waals surface area contributed by atoms with Crippen LogP contribution >= 0.6 is 0 Å². The largest absolute Gasteiger partial charge is 0.333 e. The van der Waals surface area contributed by atoms with Crippen molar-refractivity contribution >= 4 is 12.2 Å². The molecule has 2 unspecified atom stereocenters. The van der Waals surface area contributed by atoms with E-state index in [9.17, 15) is 4.79 Å². The predicted octanol–water partition coefficient (Wildman–Crippen LogP) is 0.372. The molecule has 0 aliphatic carbocycles. The zero-order valence-electron chi connectivity index (χ0n) is 10.7. The molecule has 0 spiro atoms. The quantitative estimate of drug-likeness (QED) is 0.740. The van der Waals surface area contributed by atoms with Gasteiger partial charge in [-0.3, -0.25) is 4.90 Å². The van der Waals surface area contributed by atoms with Gasteiger partial charge in [0.15, 0.2) is 5.82 Å². The molecule has 0 aromatic rings. The number of fused-ring (bicyclic) bond motifs is 3. The first-order valence-corrected chi connectivity index (χ1v) is 6.78. The van der Waals surface area contributed by atoms with E-state index in [4.69, 9.17) is 0 Å². The van der Waals surface area contributed by atoms with Crippen LogP contribution in [0.3, 0.4) is 0 Å². The molecule has 2 fully saturated rings. The summed E-state index contributed by atoms with van der Waals surface area (Å²) in [7, 11) is 0. The third-order valence-corrected chi connectivity index (χ3v) is 4.33. The fourth-order valence-corrected chi connectivity index (χ4v) is 3.30. The number of piperidine rings is 1. The fraction of sp³-hybridized carbons (Fsp3) is 0.538. The molecule has 3 atom stereocenters. The molecule has 2 amide bonds. The van der Waals surface area contributed by atoms with Gasteiger partial charge in [0.05, 0.1) is 6.20 Å². The normalized spacial score (nSPS) is 34.7. The molecule has 4 aliphatic heterocycles. The maximum atomic E-state index is 12.3. The van der Waals surface area contributed by atoms with Crippen LogP contribution < -0.4 is 5.32 Å². The average molecular weight is 259 g/mol. The number of rotatable bonds is 1. The van der Waals surface area contributed by atoms with Gasteiger partial charge < -0.3 is 15.1 Å². The van der Waals surface area contributed by atoms with E-state index in [1.165, 1.54) is 13.0 Å². The molecular weight excluding hydrogens is 242 g/mol. The van der Waals surface area contributed by atoms with E-state index in [0.29, 0.717) is 18.6 Å². The Bertz CT molecular complexity index is 497. The van der Waals surface area contributed by atoms with Gasteiger partial charge in [0.2, 0.25) is 0 Å². The molecule has 6 heteroatoms. The monoisotopic (exact) mass is 259 g/mol. The number of carbonyl (C=O) groups excluding carboxylic acids is 1. The third-order valence-electron chi connectivity index (χ3n) is 4.33. The highest BCUT2D eigenvalue weighted by molar-refractivity contribution is 5.77. The summed E-state index contributed by atoms with van der Waals surface area (Å²) >= 11 is 0. The first-order chi connectivity index (χ1) is 9.29. The van der Waals surface area contributed by atoms with Crippen molar-refractivity contribution in [3.8, 4) is 0 Å². The van der Waals surface area contributed by atoms with Crippen LogP contribution in [0.25, 0.3) is 0 Å². The first-order valence-electron chi connectivity index (χ1n) is 6.78. The summed E-state index contributed by atoms with van der Waals surface area (Å²) in [4.78, 5) is 22.6. The topological polar surface area (TPSA) is 51.2 Å². The Morgan fingerprint density at radius 2 is 2.37 bits per heavy atom. The summed E-state index contributed by atoms with van der Waals surface area (Å²) in [6, 6.07) is 0.306. The van der Waals surface area contributed by atoms with Crippen LogP contribution in [0.1, 0.15) is 6.42 Å². The number of hydrogen-bond acceptors (Lipinski definition) is 4. The Labute approximate surface area is 112 Å². The van der Waals surface area contributed by atoms with Crippen LogP contribution in [0.5, 0.6) is 0 Å². The molecule has 4 aliphatic rings. The molecule has 1 N–H and O–H groups in total. The molecule has 0 radical (unpaired) electrons. The second-order valence-corrected chi connectivity index (χ2v) is 5.55. The number of carbonyl (C=O) groups is 1. The van der Waals surface area contributed by atoms with Gasteiger partial charge in [0.25, 0.3) is 0 Å². The highest BCUT2D eigenvalue weighted by Crippen LogP contribution is 2.28. The molecule has 6 nitrogen and oxygen atoms in total. The zero-order valence-corrected chi connectivity index (χ0v) is 10.7. The number of urea groups is 1. The summed E-state index contributed by atoms with van der Waals surface area (Å²) in [6.07, 6.45) is 8.58. The molecule has 0 saturated carbocycles. The van der Waals surface area contributed by atoms with Crippen molar-refractivity contribution in [3.63, 3.8) is 0 Å². The van der Waals surface area contributed by atoms with Gasteiger partial charge in [-0.05, 0) is 25.0 Å². The Hall–Kier alpha value is -1.82.